The Morgan fingerprint density at radius 2 is 1.82 bits per heavy atom. The van der Waals surface area contributed by atoms with Gasteiger partial charge in [-0.2, -0.15) is 0 Å². The fraction of sp³-hybridized carbons (Fsp3) is 0.176. The minimum Gasteiger partial charge on any atom is -0.379 e. The molecule has 0 aliphatic carbocycles. The van der Waals surface area contributed by atoms with Crippen LogP contribution < -0.4 is 16.8 Å². The number of hydrogen-bond donors (Lipinski definition) is 4. The van der Waals surface area contributed by atoms with Gasteiger partial charge in [-0.3, -0.25) is 5.41 Å². The maximum Gasteiger partial charge on any atom is 0.175 e. The minimum absolute atomic E-state index is 0.0564. The summed E-state index contributed by atoms with van der Waals surface area (Å²) in [6, 6.07) is 9.18. The molecule has 0 radical (unpaired) electrons. The zero-order chi connectivity index (χ0) is 20.9. The second-order valence-electron chi connectivity index (χ2n) is 5.77. The first kappa shape index (κ1) is 22.5. The van der Waals surface area contributed by atoms with Crippen LogP contribution in [-0.4, -0.2) is 25.0 Å². The Labute approximate surface area is 177 Å². The number of thiocarbonyl (C=S) groups is 1. The zero-order valence-corrected chi connectivity index (χ0v) is 18.1. The highest BCUT2D eigenvalue weighted by Gasteiger charge is 2.14. The fourth-order valence-electron chi connectivity index (χ4n) is 2.24. The van der Waals surface area contributed by atoms with Crippen LogP contribution in [0.4, 0.5) is 4.39 Å². The van der Waals surface area contributed by atoms with Crippen molar-refractivity contribution in [2.45, 2.75) is 27.0 Å². The summed E-state index contributed by atoms with van der Waals surface area (Å²) in [6.45, 7) is 0.250. The van der Waals surface area contributed by atoms with Crippen LogP contribution in [0.1, 0.15) is 11.1 Å². The number of thioether (sulfide) groups is 1. The molecule has 0 heterocycles. The molecule has 2 aromatic carbocycles. The third kappa shape index (κ3) is 6.66. The number of nitrogens with one attached hydrogen (secondary N) is 2. The third-order valence-corrected chi connectivity index (χ3v) is 6.80. The Morgan fingerprint density at radius 3 is 2.43 bits per heavy atom. The van der Waals surface area contributed by atoms with Gasteiger partial charge in [0.15, 0.2) is 20.1 Å². The monoisotopic (exact) mass is 458 g/mol. The van der Waals surface area contributed by atoms with Gasteiger partial charge in [0.2, 0.25) is 0 Å². The van der Waals surface area contributed by atoms with Crippen molar-refractivity contribution >= 4 is 55.9 Å². The molecule has 0 saturated carbocycles. The number of amidine groups is 1. The van der Waals surface area contributed by atoms with Crippen molar-refractivity contribution in [3.63, 3.8) is 0 Å². The molecular weight excluding hydrogens is 439 g/mol. The summed E-state index contributed by atoms with van der Waals surface area (Å²) in [5.41, 5.74) is 12.3. The average molecular weight is 459 g/mol. The molecule has 2 aromatic rings. The standard InChI is InChI=1S/C17H19FN4O2S4/c1-28(23,24)13-3-5-14(10(7-13)8-22-17(21)25)27-15-4-2-12(18)6-11(15)9-26-16(19)20/h2-7H,8-9H2,1H3,(H3,19,20)(H3,21,22,25). The summed E-state index contributed by atoms with van der Waals surface area (Å²) in [5, 5.41) is 10.2. The van der Waals surface area contributed by atoms with Gasteiger partial charge in [-0.05, 0) is 59.7 Å². The van der Waals surface area contributed by atoms with Crippen molar-refractivity contribution in [3.8, 4) is 0 Å². The van der Waals surface area contributed by atoms with E-state index in [1.165, 1.54) is 30.0 Å². The molecule has 0 unspecified atom stereocenters. The van der Waals surface area contributed by atoms with E-state index in [4.69, 9.17) is 29.1 Å². The van der Waals surface area contributed by atoms with Crippen LogP contribution in [-0.2, 0) is 22.1 Å². The van der Waals surface area contributed by atoms with E-state index in [1.807, 2.05) is 0 Å². The molecule has 0 atom stereocenters. The van der Waals surface area contributed by atoms with Crippen LogP contribution in [0.15, 0.2) is 51.1 Å². The molecule has 0 aliphatic heterocycles. The van der Waals surface area contributed by atoms with Gasteiger partial charge in [0.1, 0.15) is 5.82 Å². The molecule has 0 aromatic heterocycles. The largest absolute Gasteiger partial charge is 0.379 e. The molecule has 0 saturated heterocycles. The number of hydrogen-bond acceptors (Lipinski definition) is 6. The molecule has 6 nitrogen and oxygen atoms in total. The van der Waals surface area contributed by atoms with E-state index in [9.17, 15) is 12.8 Å². The molecule has 2 rings (SSSR count). The average Bonchev–Trinajstić information content (AvgIpc) is 2.59. The lowest BCUT2D eigenvalue weighted by molar-refractivity contribution is 0.601. The Balaban J connectivity index is 2.41. The van der Waals surface area contributed by atoms with Crippen LogP contribution in [0.3, 0.4) is 0 Å². The van der Waals surface area contributed by atoms with E-state index in [2.05, 4.69) is 5.32 Å². The molecule has 6 N–H and O–H groups in total. The van der Waals surface area contributed by atoms with Crippen molar-refractivity contribution in [1.29, 1.82) is 5.41 Å². The van der Waals surface area contributed by atoms with Crippen molar-refractivity contribution in [2.24, 2.45) is 11.5 Å². The van der Waals surface area contributed by atoms with Crippen molar-refractivity contribution < 1.29 is 12.8 Å². The first-order chi connectivity index (χ1) is 13.1. The Kier molecular flexibility index (Phi) is 7.70. The third-order valence-electron chi connectivity index (χ3n) is 3.54. The van der Waals surface area contributed by atoms with Gasteiger partial charge in [0, 0.05) is 28.3 Å². The summed E-state index contributed by atoms with van der Waals surface area (Å²) in [4.78, 5) is 1.73. The summed E-state index contributed by atoms with van der Waals surface area (Å²) in [6.07, 6.45) is 1.14. The Morgan fingerprint density at radius 1 is 1.18 bits per heavy atom. The van der Waals surface area contributed by atoms with Crippen LogP contribution in [0.25, 0.3) is 0 Å². The molecule has 0 fully saturated rings. The van der Waals surface area contributed by atoms with Gasteiger partial charge >= 0.3 is 0 Å². The SMILES string of the molecule is CS(=O)(=O)c1ccc(Sc2ccc(F)cc2CSC(=N)N)c(CNC(N)=S)c1. The predicted octanol–water partition coefficient (Wildman–Crippen LogP) is 2.84. The molecule has 0 aliphatic rings. The van der Waals surface area contributed by atoms with Crippen molar-refractivity contribution in [3.05, 3.63) is 53.3 Å². The minimum atomic E-state index is -3.38. The van der Waals surface area contributed by atoms with E-state index in [1.54, 1.807) is 18.2 Å². The van der Waals surface area contributed by atoms with Crippen LogP contribution >= 0.6 is 35.7 Å². The lowest BCUT2D eigenvalue weighted by Gasteiger charge is -2.14. The van der Waals surface area contributed by atoms with E-state index < -0.39 is 9.84 Å². The van der Waals surface area contributed by atoms with Crippen molar-refractivity contribution in [1.82, 2.24) is 5.32 Å². The topological polar surface area (TPSA) is 122 Å². The van der Waals surface area contributed by atoms with Crippen LogP contribution in [0.2, 0.25) is 0 Å². The summed E-state index contributed by atoms with van der Waals surface area (Å²) in [5.74, 6) is -0.0385. The van der Waals surface area contributed by atoms with Gasteiger partial charge in [-0.15, -0.1) is 0 Å². The molecule has 150 valence electrons. The normalized spacial score (nSPS) is 11.2. The molecular formula is C17H19FN4O2S4. The van der Waals surface area contributed by atoms with E-state index >= 15 is 0 Å². The van der Waals surface area contributed by atoms with Gasteiger partial charge in [0.25, 0.3) is 0 Å². The molecule has 0 bridgehead atoms. The number of sulfone groups is 1. The zero-order valence-electron chi connectivity index (χ0n) is 14.9. The molecule has 0 spiro atoms. The maximum absolute atomic E-state index is 13.7. The first-order valence-electron chi connectivity index (χ1n) is 7.85. The van der Waals surface area contributed by atoms with Crippen LogP contribution in [0.5, 0.6) is 0 Å². The van der Waals surface area contributed by atoms with E-state index in [-0.39, 0.29) is 27.5 Å². The highest BCUT2D eigenvalue weighted by atomic mass is 32.2. The van der Waals surface area contributed by atoms with E-state index in [0.29, 0.717) is 16.9 Å². The lowest BCUT2D eigenvalue weighted by atomic mass is 10.2. The second kappa shape index (κ2) is 9.59. The number of halogens is 1. The molecule has 0 amide bonds. The van der Waals surface area contributed by atoms with Gasteiger partial charge in [-0.25, -0.2) is 12.8 Å². The Hall–Kier alpha value is -1.82. The summed E-state index contributed by atoms with van der Waals surface area (Å²) < 4.78 is 37.4. The molecule has 11 heteroatoms. The first-order valence-corrected chi connectivity index (χ1v) is 12.0. The lowest BCUT2D eigenvalue weighted by Crippen LogP contribution is -2.28. The quantitative estimate of drug-likeness (QED) is 0.284. The highest BCUT2D eigenvalue weighted by Crippen LogP contribution is 2.35. The molecule has 28 heavy (non-hydrogen) atoms. The van der Waals surface area contributed by atoms with Crippen molar-refractivity contribution in [2.75, 3.05) is 6.26 Å². The van der Waals surface area contributed by atoms with E-state index in [0.717, 1.165) is 27.8 Å². The van der Waals surface area contributed by atoms with Gasteiger partial charge in [0.05, 0.1) is 4.90 Å². The number of nitrogens with two attached hydrogens (primary N) is 2. The number of rotatable bonds is 7. The number of benzene rings is 2. The fourth-order valence-corrected chi connectivity index (χ4v) is 4.66. The van der Waals surface area contributed by atoms with Gasteiger partial charge < -0.3 is 16.8 Å². The van der Waals surface area contributed by atoms with Gasteiger partial charge in [-0.1, -0.05) is 23.5 Å². The van der Waals surface area contributed by atoms with Crippen LogP contribution in [0, 0.1) is 11.2 Å². The maximum atomic E-state index is 13.7. The highest BCUT2D eigenvalue weighted by molar-refractivity contribution is 8.13. The predicted molar refractivity (Wildman–Crippen MR) is 117 cm³/mol. The Bertz CT molecular complexity index is 1010. The second-order valence-corrected chi connectivity index (χ2v) is 10.3. The summed E-state index contributed by atoms with van der Waals surface area (Å²) in [7, 11) is -3.38. The summed E-state index contributed by atoms with van der Waals surface area (Å²) >= 11 is 7.29. The smallest absolute Gasteiger partial charge is 0.175 e.